The van der Waals surface area contributed by atoms with Crippen LogP contribution in [0, 0.1) is 12.8 Å². The van der Waals surface area contributed by atoms with Crippen LogP contribution in [0.1, 0.15) is 50.2 Å². The molecular weight excluding hydrogens is 236 g/mol. The summed E-state index contributed by atoms with van der Waals surface area (Å²) >= 11 is 0. The van der Waals surface area contributed by atoms with E-state index in [9.17, 15) is 0 Å². The van der Waals surface area contributed by atoms with Gasteiger partial charge in [-0.2, -0.15) is 0 Å². The smallest absolute Gasteiger partial charge is 0.118 e. The fraction of sp³-hybridized carbons (Fsp3) is 0.750. The molecule has 0 bridgehead atoms. The van der Waals surface area contributed by atoms with E-state index in [0.29, 0.717) is 6.04 Å². The van der Waals surface area contributed by atoms with E-state index in [4.69, 9.17) is 4.42 Å². The third-order valence-corrected chi connectivity index (χ3v) is 4.22. The lowest BCUT2D eigenvalue weighted by Crippen LogP contribution is -2.30. The predicted octanol–water partition coefficient (Wildman–Crippen LogP) is 3.32. The number of nitrogens with one attached hydrogen (secondary N) is 1. The maximum absolute atomic E-state index is 5.83. The highest BCUT2D eigenvalue weighted by Crippen LogP contribution is 2.35. The summed E-state index contributed by atoms with van der Waals surface area (Å²) in [6.45, 7) is 9.50. The third-order valence-electron chi connectivity index (χ3n) is 4.22. The number of hydrogen-bond donors (Lipinski definition) is 1. The maximum Gasteiger partial charge on any atom is 0.118 e. The molecule has 3 heteroatoms. The lowest BCUT2D eigenvalue weighted by atomic mass is 10.1. The second kappa shape index (κ2) is 6.58. The van der Waals surface area contributed by atoms with Crippen molar-refractivity contribution in [2.45, 2.75) is 59.2 Å². The van der Waals surface area contributed by atoms with Gasteiger partial charge in [-0.1, -0.05) is 6.92 Å². The molecule has 1 aromatic rings. The second-order valence-corrected chi connectivity index (χ2v) is 5.96. The molecule has 0 saturated heterocycles. The summed E-state index contributed by atoms with van der Waals surface area (Å²) in [5, 5.41) is 3.39. The number of nitrogens with zero attached hydrogens (tertiary/aromatic N) is 1. The molecule has 1 heterocycles. The quantitative estimate of drug-likeness (QED) is 0.730. The Balaban J connectivity index is 1.88. The molecule has 0 aromatic carbocycles. The van der Waals surface area contributed by atoms with Gasteiger partial charge in [0.1, 0.15) is 11.5 Å². The van der Waals surface area contributed by atoms with Gasteiger partial charge in [0.25, 0.3) is 0 Å². The summed E-state index contributed by atoms with van der Waals surface area (Å²) in [4.78, 5) is 2.46. The van der Waals surface area contributed by atoms with Crippen molar-refractivity contribution in [3.05, 3.63) is 23.2 Å². The first kappa shape index (κ1) is 14.6. The topological polar surface area (TPSA) is 28.4 Å². The first-order valence-corrected chi connectivity index (χ1v) is 7.61. The first-order chi connectivity index (χ1) is 9.11. The average molecular weight is 264 g/mol. The van der Waals surface area contributed by atoms with Crippen molar-refractivity contribution < 1.29 is 4.42 Å². The van der Waals surface area contributed by atoms with Crippen molar-refractivity contribution in [2.24, 2.45) is 5.92 Å². The zero-order valence-corrected chi connectivity index (χ0v) is 12.8. The van der Waals surface area contributed by atoms with Gasteiger partial charge in [0.05, 0.1) is 6.54 Å². The molecule has 0 radical (unpaired) electrons. The molecule has 1 aliphatic rings. The van der Waals surface area contributed by atoms with Crippen molar-refractivity contribution >= 4 is 0 Å². The van der Waals surface area contributed by atoms with E-state index in [1.54, 1.807) is 0 Å². The number of aryl methyl sites for hydroxylation is 1. The third kappa shape index (κ3) is 4.08. The van der Waals surface area contributed by atoms with Gasteiger partial charge in [-0.3, -0.25) is 4.90 Å². The molecule has 3 nitrogen and oxygen atoms in total. The van der Waals surface area contributed by atoms with E-state index in [1.165, 1.54) is 18.4 Å². The van der Waals surface area contributed by atoms with Gasteiger partial charge in [-0.25, -0.2) is 0 Å². The van der Waals surface area contributed by atoms with Crippen LogP contribution in [-0.2, 0) is 13.1 Å². The van der Waals surface area contributed by atoms with Gasteiger partial charge >= 0.3 is 0 Å². The minimum atomic E-state index is 0.691. The Hall–Kier alpha value is -0.800. The second-order valence-electron chi connectivity index (χ2n) is 5.96. The molecule has 1 atom stereocenters. The average Bonchev–Trinajstić information content (AvgIpc) is 3.16. The van der Waals surface area contributed by atoms with Gasteiger partial charge < -0.3 is 9.73 Å². The zero-order chi connectivity index (χ0) is 13.8. The van der Waals surface area contributed by atoms with Crippen LogP contribution >= 0.6 is 0 Å². The van der Waals surface area contributed by atoms with Gasteiger partial charge in [-0.05, 0) is 58.7 Å². The van der Waals surface area contributed by atoms with E-state index in [1.807, 2.05) is 0 Å². The molecule has 1 aromatic heterocycles. The molecule has 1 N–H and O–H groups in total. The summed E-state index contributed by atoms with van der Waals surface area (Å²) < 4.78 is 5.83. The van der Waals surface area contributed by atoms with E-state index in [2.05, 4.69) is 44.1 Å². The molecular formula is C16H28N2O. The standard InChI is InChI=1S/C16H28N2O/c1-5-8-17-10-16-9-15(13(3)19-16)11-18(4)12(2)14-6-7-14/h9,12,14,17H,5-8,10-11H2,1-4H3. The molecule has 1 saturated carbocycles. The SMILES string of the molecule is CCCNCc1cc(CN(C)C(C)C2CC2)c(C)o1. The predicted molar refractivity (Wildman–Crippen MR) is 79.1 cm³/mol. The van der Waals surface area contributed by atoms with Crippen molar-refractivity contribution in [3.63, 3.8) is 0 Å². The Morgan fingerprint density at radius 3 is 2.84 bits per heavy atom. The molecule has 1 aliphatic carbocycles. The molecule has 108 valence electrons. The largest absolute Gasteiger partial charge is 0.465 e. The van der Waals surface area contributed by atoms with Gasteiger partial charge in [0.2, 0.25) is 0 Å². The fourth-order valence-electron chi connectivity index (χ4n) is 2.57. The minimum absolute atomic E-state index is 0.691. The van der Waals surface area contributed by atoms with Crippen LogP contribution in [0.5, 0.6) is 0 Å². The van der Waals surface area contributed by atoms with Gasteiger partial charge in [-0.15, -0.1) is 0 Å². The highest BCUT2D eigenvalue weighted by Gasteiger charge is 2.30. The van der Waals surface area contributed by atoms with Crippen LogP contribution in [0.15, 0.2) is 10.5 Å². The Morgan fingerprint density at radius 1 is 1.47 bits per heavy atom. The lowest BCUT2D eigenvalue weighted by molar-refractivity contribution is 0.225. The zero-order valence-electron chi connectivity index (χ0n) is 12.8. The van der Waals surface area contributed by atoms with Crippen molar-refractivity contribution in [1.29, 1.82) is 0 Å². The van der Waals surface area contributed by atoms with Crippen LogP contribution in [-0.4, -0.2) is 24.5 Å². The molecule has 19 heavy (non-hydrogen) atoms. The molecule has 0 spiro atoms. The van der Waals surface area contributed by atoms with Crippen molar-refractivity contribution in [2.75, 3.05) is 13.6 Å². The Labute approximate surface area is 117 Å². The molecule has 1 unspecified atom stereocenters. The van der Waals surface area contributed by atoms with Crippen molar-refractivity contribution in [1.82, 2.24) is 10.2 Å². The van der Waals surface area contributed by atoms with E-state index in [-0.39, 0.29) is 0 Å². The number of furan rings is 1. The molecule has 0 aliphatic heterocycles. The summed E-state index contributed by atoms with van der Waals surface area (Å²) in [6.07, 6.45) is 3.97. The molecule has 0 amide bonds. The van der Waals surface area contributed by atoms with Crippen LogP contribution in [0.3, 0.4) is 0 Å². The van der Waals surface area contributed by atoms with Crippen LogP contribution in [0.25, 0.3) is 0 Å². The van der Waals surface area contributed by atoms with E-state index < -0.39 is 0 Å². The Morgan fingerprint density at radius 2 is 2.21 bits per heavy atom. The van der Waals surface area contributed by atoms with Crippen molar-refractivity contribution in [3.8, 4) is 0 Å². The van der Waals surface area contributed by atoms with Gasteiger partial charge in [0, 0.05) is 18.2 Å². The summed E-state index contributed by atoms with van der Waals surface area (Å²) in [6, 6.07) is 2.91. The first-order valence-electron chi connectivity index (χ1n) is 7.61. The van der Waals surface area contributed by atoms with Gasteiger partial charge in [0.15, 0.2) is 0 Å². The molecule has 2 rings (SSSR count). The van der Waals surface area contributed by atoms with E-state index >= 15 is 0 Å². The Bertz CT molecular complexity index is 395. The Kier molecular flexibility index (Phi) is 5.06. The summed E-state index contributed by atoms with van der Waals surface area (Å²) in [5.41, 5.74) is 1.34. The normalized spacial score (nSPS) is 17.1. The monoisotopic (exact) mass is 264 g/mol. The van der Waals surface area contributed by atoms with E-state index in [0.717, 1.165) is 43.5 Å². The summed E-state index contributed by atoms with van der Waals surface area (Å²) in [7, 11) is 2.23. The minimum Gasteiger partial charge on any atom is -0.465 e. The summed E-state index contributed by atoms with van der Waals surface area (Å²) in [5.74, 6) is 3.06. The highest BCUT2D eigenvalue weighted by molar-refractivity contribution is 5.20. The number of hydrogen-bond acceptors (Lipinski definition) is 3. The van der Waals surface area contributed by atoms with Crippen LogP contribution < -0.4 is 5.32 Å². The fourth-order valence-corrected chi connectivity index (χ4v) is 2.57. The molecule has 1 fully saturated rings. The number of rotatable bonds is 8. The van der Waals surface area contributed by atoms with Crippen LogP contribution in [0.2, 0.25) is 0 Å². The van der Waals surface area contributed by atoms with Crippen LogP contribution in [0.4, 0.5) is 0 Å². The highest BCUT2D eigenvalue weighted by atomic mass is 16.3. The lowest BCUT2D eigenvalue weighted by Gasteiger charge is -2.24. The maximum atomic E-state index is 5.83.